The van der Waals surface area contributed by atoms with Gasteiger partial charge in [0.25, 0.3) is 5.91 Å². The second-order valence-corrected chi connectivity index (χ2v) is 6.51. The lowest BCUT2D eigenvalue weighted by Crippen LogP contribution is -2.25. The fourth-order valence-electron chi connectivity index (χ4n) is 2.38. The summed E-state index contributed by atoms with van der Waals surface area (Å²) in [6, 6.07) is 11.8. The molecule has 0 saturated carbocycles. The van der Waals surface area contributed by atoms with E-state index in [1.54, 1.807) is 42.5 Å². The summed E-state index contributed by atoms with van der Waals surface area (Å²) >= 11 is 6.00. The Balaban J connectivity index is 2.08. The summed E-state index contributed by atoms with van der Waals surface area (Å²) in [6.45, 7) is 3.94. The minimum absolute atomic E-state index is 0.150. The third-order valence-electron chi connectivity index (χ3n) is 3.68. The first-order valence-electron chi connectivity index (χ1n) is 8.83. The maximum absolute atomic E-state index is 12.3. The van der Waals surface area contributed by atoms with Crippen LogP contribution in [0.25, 0.3) is 6.08 Å². The van der Waals surface area contributed by atoms with E-state index < -0.39 is 5.91 Å². The van der Waals surface area contributed by atoms with Crippen LogP contribution in [-0.4, -0.2) is 24.3 Å². The largest absolute Gasteiger partial charge is 0.352 e. The van der Waals surface area contributed by atoms with E-state index >= 15 is 0 Å². The highest BCUT2D eigenvalue weighted by atomic mass is 35.5. The second kappa shape index (κ2) is 10.3. The number of hydrogen-bond acceptors (Lipinski definition) is 3. The SMILES string of the molecule is CCCNC(=O)c1ccc(Cl)cc1NC(=O)/C=C/c1ccc(NC(C)=O)cc1. The fourth-order valence-corrected chi connectivity index (χ4v) is 2.55. The molecule has 0 aliphatic heterocycles. The van der Waals surface area contributed by atoms with Gasteiger partial charge in [-0.1, -0.05) is 30.7 Å². The number of anilines is 2. The highest BCUT2D eigenvalue weighted by Crippen LogP contribution is 2.21. The van der Waals surface area contributed by atoms with Crippen molar-refractivity contribution < 1.29 is 14.4 Å². The van der Waals surface area contributed by atoms with Crippen LogP contribution in [0.5, 0.6) is 0 Å². The Bertz CT molecular complexity index is 892. The Morgan fingerprint density at radius 3 is 2.39 bits per heavy atom. The van der Waals surface area contributed by atoms with Crippen LogP contribution in [0.2, 0.25) is 5.02 Å². The molecule has 3 N–H and O–H groups in total. The van der Waals surface area contributed by atoms with Gasteiger partial charge in [-0.25, -0.2) is 0 Å². The quantitative estimate of drug-likeness (QED) is 0.613. The molecule has 0 saturated heterocycles. The van der Waals surface area contributed by atoms with Gasteiger partial charge in [0.1, 0.15) is 0 Å². The van der Waals surface area contributed by atoms with Gasteiger partial charge < -0.3 is 16.0 Å². The van der Waals surface area contributed by atoms with Gasteiger partial charge in [-0.2, -0.15) is 0 Å². The maximum Gasteiger partial charge on any atom is 0.253 e. The summed E-state index contributed by atoms with van der Waals surface area (Å²) in [5.41, 5.74) is 2.16. The first-order valence-corrected chi connectivity index (χ1v) is 9.21. The number of carbonyl (C=O) groups excluding carboxylic acids is 3. The first kappa shape index (κ1) is 21.2. The molecular weight excluding hydrogens is 378 g/mol. The fraction of sp³-hybridized carbons (Fsp3) is 0.190. The number of rotatable bonds is 7. The lowest BCUT2D eigenvalue weighted by atomic mass is 10.1. The van der Waals surface area contributed by atoms with Crippen molar-refractivity contribution in [2.75, 3.05) is 17.2 Å². The molecular formula is C21H22ClN3O3. The number of nitrogens with one attached hydrogen (secondary N) is 3. The van der Waals surface area contributed by atoms with Crippen LogP contribution in [-0.2, 0) is 9.59 Å². The Kier molecular flexibility index (Phi) is 7.77. The van der Waals surface area contributed by atoms with Crippen LogP contribution >= 0.6 is 11.6 Å². The maximum atomic E-state index is 12.3. The zero-order chi connectivity index (χ0) is 20.5. The normalized spacial score (nSPS) is 10.5. The van der Waals surface area contributed by atoms with Crippen LogP contribution in [0.1, 0.15) is 36.2 Å². The molecule has 0 fully saturated rings. The van der Waals surface area contributed by atoms with E-state index in [4.69, 9.17) is 11.6 Å². The monoisotopic (exact) mass is 399 g/mol. The highest BCUT2D eigenvalue weighted by molar-refractivity contribution is 6.31. The summed E-state index contributed by atoms with van der Waals surface area (Å²) in [6.07, 6.45) is 3.81. The molecule has 2 rings (SSSR count). The smallest absolute Gasteiger partial charge is 0.253 e. The van der Waals surface area contributed by atoms with E-state index in [1.807, 2.05) is 6.92 Å². The molecule has 2 aromatic rings. The highest BCUT2D eigenvalue weighted by Gasteiger charge is 2.13. The van der Waals surface area contributed by atoms with E-state index in [-0.39, 0.29) is 11.8 Å². The van der Waals surface area contributed by atoms with Crippen molar-refractivity contribution in [2.45, 2.75) is 20.3 Å². The zero-order valence-corrected chi connectivity index (χ0v) is 16.5. The molecule has 7 heteroatoms. The lowest BCUT2D eigenvalue weighted by Gasteiger charge is -2.10. The summed E-state index contributed by atoms with van der Waals surface area (Å²) in [5, 5.41) is 8.56. The Morgan fingerprint density at radius 1 is 1.04 bits per heavy atom. The van der Waals surface area contributed by atoms with Crippen LogP contribution in [0.4, 0.5) is 11.4 Å². The Labute approximate surface area is 169 Å². The van der Waals surface area contributed by atoms with Crippen LogP contribution in [0.15, 0.2) is 48.5 Å². The van der Waals surface area contributed by atoms with Crippen molar-refractivity contribution in [1.29, 1.82) is 0 Å². The number of hydrogen-bond donors (Lipinski definition) is 3. The lowest BCUT2D eigenvalue weighted by molar-refractivity contribution is -0.114. The molecule has 2 aromatic carbocycles. The Morgan fingerprint density at radius 2 is 1.75 bits per heavy atom. The predicted octanol–water partition coefficient (Wildman–Crippen LogP) is 4.09. The average Bonchev–Trinajstić information content (AvgIpc) is 2.65. The average molecular weight is 400 g/mol. The zero-order valence-electron chi connectivity index (χ0n) is 15.7. The van der Waals surface area contributed by atoms with Crippen molar-refractivity contribution in [3.05, 3.63) is 64.7 Å². The van der Waals surface area contributed by atoms with Gasteiger partial charge >= 0.3 is 0 Å². The van der Waals surface area contributed by atoms with E-state index in [0.29, 0.717) is 28.5 Å². The molecule has 0 aliphatic rings. The first-order chi connectivity index (χ1) is 13.4. The topological polar surface area (TPSA) is 87.3 Å². The summed E-state index contributed by atoms with van der Waals surface area (Å²) < 4.78 is 0. The van der Waals surface area contributed by atoms with Gasteiger partial charge in [0.05, 0.1) is 11.3 Å². The minimum atomic E-state index is -0.391. The number of halogens is 1. The second-order valence-electron chi connectivity index (χ2n) is 6.07. The van der Waals surface area contributed by atoms with Gasteiger partial charge in [-0.05, 0) is 48.4 Å². The van der Waals surface area contributed by atoms with Crippen LogP contribution in [0.3, 0.4) is 0 Å². The number of amides is 3. The van der Waals surface area contributed by atoms with Crippen molar-refractivity contribution in [3.63, 3.8) is 0 Å². The molecule has 28 heavy (non-hydrogen) atoms. The van der Waals surface area contributed by atoms with Gasteiger partial charge in [0.15, 0.2) is 0 Å². The predicted molar refractivity (Wildman–Crippen MR) is 112 cm³/mol. The standard InChI is InChI=1S/C21H22ClN3O3/c1-3-12-23-21(28)18-10-7-16(22)13-19(18)25-20(27)11-6-15-4-8-17(9-5-15)24-14(2)26/h4-11,13H,3,12H2,1-2H3,(H,23,28)(H,24,26)(H,25,27)/b11-6+. The number of benzene rings is 2. The number of carbonyl (C=O) groups is 3. The van der Waals surface area contributed by atoms with E-state index in [2.05, 4.69) is 16.0 Å². The van der Waals surface area contributed by atoms with Crippen LogP contribution < -0.4 is 16.0 Å². The van der Waals surface area contributed by atoms with Gasteiger partial charge in [-0.15, -0.1) is 0 Å². The minimum Gasteiger partial charge on any atom is -0.352 e. The summed E-state index contributed by atoms with van der Waals surface area (Å²) in [5.74, 6) is -0.813. The molecule has 146 valence electrons. The Hall–Kier alpha value is -3.12. The van der Waals surface area contributed by atoms with Gasteiger partial charge in [0.2, 0.25) is 11.8 Å². The molecule has 0 unspecified atom stereocenters. The third-order valence-corrected chi connectivity index (χ3v) is 3.91. The van der Waals surface area contributed by atoms with Crippen molar-refractivity contribution in [3.8, 4) is 0 Å². The van der Waals surface area contributed by atoms with E-state index in [0.717, 1.165) is 12.0 Å². The molecule has 0 radical (unpaired) electrons. The van der Waals surface area contributed by atoms with Crippen LogP contribution in [0, 0.1) is 0 Å². The summed E-state index contributed by atoms with van der Waals surface area (Å²) in [4.78, 5) is 35.5. The van der Waals surface area contributed by atoms with Crippen molar-refractivity contribution >= 4 is 46.8 Å². The molecule has 0 spiro atoms. The molecule has 0 atom stereocenters. The van der Waals surface area contributed by atoms with E-state index in [9.17, 15) is 14.4 Å². The molecule has 0 bridgehead atoms. The molecule has 0 aliphatic carbocycles. The summed E-state index contributed by atoms with van der Waals surface area (Å²) in [7, 11) is 0. The van der Waals surface area contributed by atoms with Crippen molar-refractivity contribution in [2.24, 2.45) is 0 Å². The molecule has 3 amide bonds. The molecule has 6 nitrogen and oxygen atoms in total. The molecule has 0 heterocycles. The van der Waals surface area contributed by atoms with Crippen molar-refractivity contribution in [1.82, 2.24) is 5.32 Å². The van der Waals surface area contributed by atoms with Gasteiger partial charge in [0, 0.05) is 30.3 Å². The van der Waals surface area contributed by atoms with E-state index in [1.165, 1.54) is 19.1 Å². The molecule has 0 aromatic heterocycles. The van der Waals surface area contributed by atoms with Gasteiger partial charge in [-0.3, -0.25) is 14.4 Å². The third kappa shape index (κ3) is 6.55.